The Hall–Kier alpha value is -0.650. The van der Waals surface area contributed by atoms with Crippen molar-refractivity contribution in [3.63, 3.8) is 0 Å². The molecule has 1 aromatic rings. The highest BCUT2D eigenvalue weighted by molar-refractivity contribution is 7.17. The van der Waals surface area contributed by atoms with Crippen molar-refractivity contribution in [3.05, 3.63) is 10.6 Å². The van der Waals surface area contributed by atoms with Crippen LogP contribution in [-0.2, 0) is 6.42 Å². The number of carbonyl (C=O) groups is 1. The Morgan fingerprint density at radius 2 is 2.14 bits per heavy atom. The minimum absolute atomic E-state index is 0. The van der Waals surface area contributed by atoms with Gasteiger partial charge in [0.25, 0.3) is 0 Å². The summed E-state index contributed by atoms with van der Waals surface area (Å²) in [5.74, 6) is 0.277. The number of likely N-dealkylation sites (tertiary alicyclic amines) is 1. The molecule has 1 saturated heterocycles. The van der Waals surface area contributed by atoms with Crippen LogP contribution in [0.1, 0.15) is 54.9 Å². The van der Waals surface area contributed by atoms with Crippen LogP contribution in [-0.4, -0.2) is 41.8 Å². The van der Waals surface area contributed by atoms with Crippen LogP contribution in [0.2, 0.25) is 0 Å². The molecule has 22 heavy (non-hydrogen) atoms. The summed E-state index contributed by atoms with van der Waals surface area (Å²) in [6, 6.07) is 0. The summed E-state index contributed by atoms with van der Waals surface area (Å²) >= 11 is 1.54. The molecule has 0 atom stereocenters. The number of aryl methyl sites for hydroxylation is 1. The zero-order valence-corrected chi connectivity index (χ0v) is 15.1. The van der Waals surface area contributed by atoms with E-state index in [1.165, 1.54) is 37.3 Å². The van der Waals surface area contributed by atoms with Crippen molar-refractivity contribution in [2.75, 3.05) is 31.5 Å². The second-order valence-electron chi connectivity index (χ2n) is 7.04. The Bertz CT molecular complexity index is 529. The minimum Gasteiger partial charge on any atom is -0.360 e. The van der Waals surface area contributed by atoms with Crippen molar-refractivity contribution >= 4 is 34.7 Å². The lowest BCUT2D eigenvalue weighted by molar-refractivity contribution is 0.0976. The molecule has 1 aliphatic heterocycles. The number of nitrogens with one attached hydrogen (secondary N) is 1. The first-order chi connectivity index (χ1) is 10.0. The third kappa shape index (κ3) is 4.21. The summed E-state index contributed by atoms with van der Waals surface area (Å²) in [6.07, 6.45) is 5.24. The van der Waals surface area contributed by atoms with Gasteiger partial charge in [-0.15, -0.1) is 12.4 Å². The maximum Gasteiger partial charge on any atom is 0.183 e. The predicted octanol–water partition coefficient (Wildman–Crippen LogP) is 3.62. The second-order valence-corrected chi connectivity index (χ2v) is 8.04. The monoisotopic (exact) mass is 343 g/mol. The molecular weight excluding hydrogens is 318 g/mol. The van der Waals surface area contributed by atoms with Crippen molar-refractivity contribution in [3.8, 4) is 0 Å². The molecule has 4 nitrogen and oxygen atoms in total. The number of rotatable bonds is 4. The molecule has 0 saturated carbocycles. The van der Waals surface area contributed by atoms with E-state index in [9.17, 15) is 4.79 Å². The minimum atomic E-state index is 0. The molecule has 3 rings (SSSR count). The third-order valence-corrected chi connectivity index (χ3v) is 5.55. The van der Waals surface area contributed by atoms with E-state index in [2.05, 4.69) is 29.0 Å². The Balaban J connectivity index is 0.00000176. The van der Waals surface area contributed by atoms with Gasteiger partial charge in [-0.25, -0.2) is 4.98 Å². The number of nitrogens with zero attached hydrogens (tertiary/aromatic N) is 2. The zero-order chi connectivity index (χ0) is 14.9. The fourth-order valence-corrected chi connectivity index (χ4v) is 4.41. The number of halogens is 1. The highest BCUT2D eigenvalue weighted by Gasteiger charge is 2.26. The van der Waals surface area contributed by atoms with E-state index in [1.54, 1.807) is 0 Å². The van der Waals surface area contributed by atoms with Gasteiger partial charge < -0.3 is 10.2 Å². The van der Waals surface area contributed by atoms with Crippen molar-refractivity contribution in [1.29, 1.82) is 0 Å². The van der Waals surface area contributed by atoms with Crippen molar-refractivity contribution < 1.29 is 4.79 Å². The van der Waals surface area contributed by atoms with Crippen LogP contribution in [0.15, 0.2) is 0 Å². The summed E-state index contributed by atoms with van der Waals surface area (Å²) in [4.78, 5) is 19.8. The zero-order valence-electron chi connectivity index (χ0n) is 13.5. The van der Waals surface area contributed by atoms with Gasteiger partial charge in [0.1, 0.15) is 0 Å². The number of anilines is 1. The van der Waals surface area contributed by atoms with Gasteiger partial charge in [0, 0.05) is 26.1 Å². The summed E-state index contributed by atoms with van der Waals surface area (Å²) in [5.41, 5.74) is 1.46. The maximum absolute atomic E-state index is 11.8. The topological polar surface area (TPSA) is 45.2 Å². The smallest absolute Gasteiger partial charge is 0.183 e. The van der Waals surface area contributed by atoms with E-state index in [1.807, 2.05) is 0 Å². The molecule has 0 aromatic carbocycles. The molecule has 0 amide bonds. The molecule has 2 heterocycles. The summed E-state index contributed by atoms with van der Waals surface area (Å²) in [7, 11) is 0. The molecule has 2 aliphatic rings. The van der Waals surface area contributed by atoms with Gasteiger partial charge in [0.05, 0.1) is 10.6 Å². The molecule has 0 bridgehead atoms. The van der Waals surface area contributed by atoms with Crippen LogP contribution in [0.25, 0.3) is 0 Å². The van der Waals surface area contributed by atoms with Gasteiger partial charge >= 0.3 is 0 Å². The predicted molar refractivity (Wildman–Crippen MR) is 94.6 cm³/mol. The highest BCUT2D eigenvalue weighted by Crippen LogP contribution is 2.30. The van der Waals surface area contributed by atoms with E-state index in [0.717, 1.165) is 41.6 Å². The SMILES string of the molecule is CC1(C)CCCN(CCNc2nc3c(s2)C(=O)CCC3)C1.Cl. The third-order valence-electron chi connectivity index (χ3n) is 4.45. The number of Topliss-reactive ketones (excluding diaryl/α,β-unsaturated/α-hetero) is 1. The summed E-state index contributed by atoms with van der Waals surface area (Å²) in [6.45, 7) is 9.07. The number of carbonyl (C=O) groups excluding carboxylic acids is 1. The van der Waals surface area contributed by atoms with Crippen LogP contribution in [0.3, 0.4) is 0 Å². The molecule has 1 aliphatic carbocycles. The van der Waals surface area contributed by atoms with E-state index in [-0.39, 0.29) is 18.2 Å². The molecule has 6 heteroatoms. The number of fused-ring (bicyclic) bond motifs is 1. The molecule has 124 valence electrons. The van der Waals surface area contributed by atoms with Crippen LogP contribution < -0.4 is 5.32 Å². The Labute approximate surface area is 143 Å². The first kappa shape index (κ1) is 17.7. The van der Waals surface area contributed by atoms with Gasteiger partial charge in [-0.1, -0.05) is 25.2 Å². The van der Waals surface area contributed by atoms with E-state index in [0.29, 0.717) is 11.8 Å². The second kappa shape index (κ2) is 7.28. The number of ketones is 1. The van der Waals surface area contributed by atoms with Gasteiger partial charge in [0.15, 0.2) is 10.9 Å². The Morgan fingerprint density at radius 3 is 2.86 bits per heavy atom. The van der Waals surface area contributed by atoms with Gasteiger partial charge in [-0.05, 0) is 37.6 Å². The number of thiazole rings is 1. The fraction of sp³-hybridized carbons (Fsp3) is 0.750. The average molecular weight is 344 g/mol. The average Bonchev–Trinajstić information content (AvgIpc) is 2.82. The van der Waals surface area contributed by atoms with Crippen LogP contribution >= 0.6 is 23.7 Å². The largest absolute Gasteiger partial charge is 0.360 e. The summed E-state index contributed by atoms with van der Waals surface area (Å²) in [5, 5.41) is 4.33. The van der Waals surface area contributed by atoms with Gasteiger partial charge in [-0.2, -0.15) is 0 Å². The van der Waals surface area contributed by atoms with E-state index >= 15 is 0 Å². The van der Waals surface area contributed by atoms with Crippen LogP contribution in [0.4, 0.5) is 5.13 Å². The standard InChI is InChI=1S/C16H25N3OS.ClH/c1-16(2)7-4-9-19(11-16)10-8-17-15-18-12-5-3-6-13(20)14(12)21-15;/h3-11H2,1-2H3,(H,17,18);1H. The van der Waals surface area contributed by atoms with Crippen molar-refractivity contribution in [2.24, 2.45) is 5.41 Å². The van der Waals surface area contributed by atoms with Gasteiger partial charge in [-0.3, -0.25) is 4.79 Å². The fourth-order valence-electron chi connectivity index (χ4n) is 3.40. The lowest BCUT2D eigenvalue weighted by Gasteiger charge is -2.38. The Kier molecular flexibility index (Phi) is 5.86. The van der Waals surface area contributed by atoms with Crippen LogP contribution in [0.5, 0.6) is 0 Å². The molecule has 0 spiro atoms. The lowest BCUT2D eigenvalue weighted by Crippen LogP contribution is -2.42. The van der Waals surface area contributed by atoms with E-state index in [4.69, 9.17) is 0 Å². The van der Waals surface area contributed by atoms with Crippen molar-refractivity contribution in [1.82, 2.24) is 9.88 Å². The number of aromatic nitrogens is 1. The highest BCUT2D eigenvalue weighted by atomic mass is 35.5. The molecule has 0 radical (unpaired) electrons. The number of hydrogen-bond donors (Lipinski definition) is 1. The molecule has 0 unspecified atom stereocenters. The number of hydrogen-bond acceptors (Lipinski definition) is 5. The first-order valence-electron chi connectivity index (χ1n) is 8.03. The first-order valence-corrected chi connectivity index (χ1v) is 8.84. The summed E-state index contributed by atoms with van der Waals surface area (Å²) < 4.78 is 0. The normalized spacial score (nSPS) is 21.1. The maximum atomic E-state index is 11.8. The molecule has 1 fully saturated rings. The number of piperidine rings is 1. The molecular formula is C16H26ClN3OS. The van der Waals surface area contributed by atoms with Gasteiger partial charge in [0.2, 0.25) is 0 Å². The Morgan fingerprint density at radius 1 is 1.32 bits per heavy atom. The lowest BCUT2D eigenvalue weighted by atomic mass is 9.84. The van der Waals surface area contributed by atoms with Crippen LogP contribution in [0, 0.1) is 5.41 Å². The molecule has 1 aromatic heterocycles. The van der Waals surface area contributed by atoms with Crippen molar-refractivity contribution in [2.45, 2.75) is 46.0 Å². The molecule has 1 N–H and O–H groups in total. The quantitative estimate of drug-likeness (QED) is 0.907. The van der Waals surface area contributed by atoms with E-state index < -0.39 is 0 Å².